The zero-order valence-electron chi connectivity index (χ0n) is 11.8. The van der Waals surface area contributed by atoms with E-state index in [0.717, 1.165) is 36.1 Å². The fraction of sp³-hybridized carbons (Fsp3) is 0.467. The number of anilines is 2. The number of nitrogens with zero attached hydrogens (tertiary/aromatic N) is 1. The first-order chi connectivity index (χ1) is 9.87. The number of hydrogen-bond donors (Lipinski definition) is 2. The van der Waals surface area contributed by atoms with E-state index in [-0.39, 0.29) is 0 Å². The summed E-state index contributed by atoms with van der Waals surface area (Å²) in [6, 6.07) is 3.54. The van der Waals surface area contributed by atoms with Crippen molar-refractivity contribution in [3.63, 3.8) is 0 Å². The summed E-state index contributed by atoms with van der Waals surface area (Å²) < 4.78 is 0.799. The van der Waals surface area contributed by atoms with E-state index in [1.807, 2.05) is 13.0 Å². The van der Waals surface area contributed by atoms with E-state index in [0.29, 0.717) is 17.7 Å². The number of halogens is 1. The van der Waals surface area contributed by atoms with Crippen molar-refractivity contribution in [1.29, 1.82) is 0 Å². The Hall–Kier alpha value is -1.40. The molecule has 1 aromatic rings. The van der Waals surface area contributed by atoms with Crippen molar-refractivity contribution in [2.24, 2.45) is 0 Å². The molecule has 1 amide bonds. The van der Waals surface area contributed by atoms with Gasteiger partial charge in [0, 0.05) is 17.6 Å². The van der Waals surface area contributed by atoms with E-state index < -0.39 is 17.3 Å². The predicted octanol–water partition coefficient (Wildman–Crippen LogP) is 2.33. The van der Waals surface area contributed by atoms with Crippen LogP contribution in [-0.4, -0.2) is 35.5 Å². The maximum Gasteiger partial charge on any atom is 0.296 e. The van der Waals surface area contributed by atoms with Gasteiger partial charge in [0.1, 0.15) is 0 Å². The van der Waals surface area contributed by atoms with Crippen LogP contribution in [-0.2, 0) is 4.79 Å². The Morgan fingerprint density at radius 2 is 2.05 bits per heavy atom. The van der Waals surface area contributed by atoms with Gasteiger partial charge >= 0.3 is 0 Å². The number of carbonyl (C=O) groups excluding carboxylic acids is 2. The predicted molar refractivity (Wildman–Crippen MR) is 83.8 cm³/mol. The number of benzene rings is 1. The first-order valence-corrected chi connectivity index (χ1v) is 7.83. The van der Waals surface area contributed by atoms with Crippen molar-refractivity contribution in [2.75, 3.05) is 23.3 Å². The van der Waals surface area contributed by atoms with Crippen LogP contribution in [0.2, 0.25) is 0 Å². The van der Waals surface area contributed by atoms with Crippen molar-refractivity contribution in [3.8, 4) is 0 Å². The van der Waals surface area contributed by atoms with Gasteiger partial charge in [0.15, 0.2) is 0 Å². The van der Waals surface area contributed by atoms with Crippen LogP contribution in [0.4, 0.5) is 11.4 Å². The molecule has 5 nitrogen and oxygen atoms in total. The van der Waals surface area contributed by atoms with E-state index in [2.05, 4.69) is 26.1 Å². The molecule has 1 atom stereocenters. The average Bonchev–Trinajstić information content (AvgIpc) is 2.59. The zero-order valence-corrected chi connectivity index (χ0v) is 13.4. The molecule has 2 heterocycles. The molecule has 0 aliphatic carbocycles. The molecule has 1 fully saturated rings. The molecular formula is C15H17BrN2O3. The molecule has 21 heavy (non-hydrogen) atoms. The normalized spacial score (nSPS) is 25.6. The van der Waals surface area contributed by atoms with Crippen molar-refractivity contribution >= 4 is 39.0 Å². The highest BCUT2D eigenvalue weighted by Crippen LogP contribution is 2.36. The van der Waals surface area contributed by atoms with Crippen LogP contribution in [0.5, 0.6) is 0 Å². The van der Waals surface area contributed by atoms with Gasteiger partial charge in [-0.3, -0.25) is 9.59 Å². The maximum atomic E-state index is 11.7. The van der Waals surface area contributed by atoms with Crippen LogP contribution in [0.1, 0.15) is 36.5 Å². The number of ketones is 1. The number of Topliss-reactive ketones (excluding diaryl/α,β-unsaturated/α-hetero) is 1. The van der Waals surface area contributed by atoms with E-state index in [1.54, 1.807) is 6.07 Å². The molecule has 1 unspecified atom stereocenters. The molecule has 3 rings (SSSR count). The molecule has 6 heteroatoms. The Labute approximate surface area is 131 Å². The molecule has 2 N–H and O–H groups in total. The van der Waals surface area contributed by atoms with Gasteiger partial charge in [-0.1, -0.05) is 0 Å². The molecule has 1 saturated heterocycles. The molecular weight excluding hydrogens is 336 g/mol. The Bertz CT molecular complexity index is 628. The molecule has 0 spiro atoms. The first-order valence-electron chi connectivity index (χ1n) is 7.04. The maximum absolute atomic E-state index is 11.7. The number of rotatable bonds is 1. The van der Waals surface area contributed by atoms with Crippen LogP contribution in [0.25, 0.3) is 0 Å². The Morgan fingerprint density at radius 1 is 1.29 bits per heavy atom. The highest BCUT2D eigenvalue weighted by molar-refractivity contribution is 9.10. The molecule has 112 valence electrons. The lowest BCUT2D eigenvalue weighted by Crippen LogP contribution is -2.28. The van der Waals surface area contributed by atoms with Crippen molar-refractivity contribution < 1.29 is 14.7 Å². The number of aliphatic hydroxyl groups is 1. The standard InChI is InChI=1S/C15H17BrN2O3/c1-15(21)3-2-5-18(6-4-15)12-8-11-9(7-10(12)16)13(19)14(20)17-11/h7-8,21H,2-6H2,1H3,(H,17,19,20). The molecule has 1 aromatic carbocycles. The first kappa shape index (κ1) is 14.5. The van der Waals surface area contributed by atoms with Crippen LogP contribution in [0.3, 0.4) is 0 Å². The second-order valence-corrected chi connectivity index (χ2v) is 6.82. The fourth-order valence-corrected chi connectivity index (χ4v) is 3.50. The monoisotopic (exact) mass is 352 g/mol. The van der Waals surface area contributed by atoms with E-state index >= 15 is 0 Å². The molecule has 0 bridgehead atoms. The summed E-state index contributed by atoms with van der Waals surface area (Å²) in [6.07, 6.45) is 2.38. The highest BCUT2D eigenvalue weighted by atomic mass is 79.9. The second-order valence-electron chi connectivity index (χ2n) is 5.97. The number of hydrogen-bond acceptors (Lipinski definition) is 4. The third-order valence-electron chi connectivity index (χ3n) is 4.19. The molecule has 0 radical (unpaired) electrons. The SMILES string of the molecule is CC1(O)CCCN(c2cc3c(cc2Br)C(=O)C(=O)N3)CC1. The third-order valence-corrected chi connectivity index (χ3v) is 4.83. The lowest BCUT2D eigenvalue weighted by Gasteiger charge is -2.25. The van der Waals surface area contributed by atoms with Crippen LogP contribution < -0.4 is 10.2 Å². The largest absolute Gasteiger partial charge is 0.390 e. The Balaban J connectivity index is 1.92. The van der Waals surface area contributed by atoms with E-state index in [1.165, 1.54) is 0 Å². The lowest BCUT2D eigenvalue weighted by molar-refractivity contribution is -0.112. The van der Waals surface area contributed by atoms with Crippen molar-refractivity contribution in [3.05, 3.63) is 22.2 Å². The van der Waals surface area contributed by atoms with Gasteiger partial charge in [-0.2, -0.15) is 0 Å². The van der Waals surface area contributed by atoms with Crippen LogP contribution >= 0.6 is 15.9 Å². The third kappa shape index (κ3) is 2.70. The summed E-state index contributed by atoms with van der Waals surface area (Å²) in [5.74, 6) is -1.07. The minimum absolute atomic E-state index is 0.414. The quantitative estimate of drug-likeness (QED) is 0.761. The van der Waals surface area contributed by atoms with Crippen molar-refractivity contribution in [1.82, 2.24) is 0 Å². The van der Waals surface area contributed by atoms with Gasteiger partial charge < -0.3 is 15.3 Å². The zero-order chi connectivity index (χ0) is 15.2. The minimum atomic E-state index is -0.623. The number of amides is 1. The number of fused-ring (bicyclic) bond motifs is 1. The van der Waals surface area contributed by atoms with Gasteiger partial charge in [-0.25, -0.2) is 0 Å². The van der Waals surface area contributed by atoms with E-state index in [4.69, 9.17) is 0 Å². The van der Waals surface area contributed by atoms with Crippen LogP contribution in [0.15, 0.2) is 16.6 Å². The molecule has 0 aromatic heterocycles. The molecule has 2 aliphatic heterocycles. The van der Waals surface area contributed by atoms with Gasteiger partial charge in [0.05, 0.1) is 22.5 Å². The van der Waals surface area contributed by atoms with Gasteiger partial charge in [-0.05, 0) is 54.2 Å². The van der Waals surface area contributed by atoms with Gasteiger partial charge in [0.2, 0.25) is 0 Å². The number of carbonyl (C=O) groups is 2. The summed E-state index contributed by atoms with van der Waals surface area (Å²) >= 11 is 3.49. The fourth-order valence-electron chi connectivity index (χ4n) is 2.90. The van der Waals surface area contributed by atoms with Crippen LogP contribution in [0, 0.1) is 0 Å². The van der Waals surface area contributed by atoms with E-state index in [9.17, 15) is 14.7 Å². The van der Waals surface area contributed by atoms with Crippen molar-refractivity contribution in [2.45, 2.75) is 31.8 Å². The lowest BCUT2D eigenvalue weighted by atomic mass is 9.98. The molecule has 2 aliphatic rings. The highest BCUT2D eigenvalue weighted by Gasteiger charge is 2.31. The molecule has 0 saturated carbocycles. The average molecular weight is 353 g/mol. The van der Waals surface area contributed by atoms with Gasteiger partial charge in [-0.15, -0.1) is 0 Å². The summed E-state index contributed by atoms with van der Waals surface area (Å²) in [5.41, 5.74) is 1.31. The second kappa shape index (κ2) is 5.10. The summed E-state index contributed by atoms with van der Waals surface area (Å²) in [5, 5.41) is 12.8. The summed E-state index contributed by atoms with van der Waals surface area (Å²) in [7, 11) is 0. The summed E-state index contributed by atoms with van der Waals surface area (Å²) in [6.45, 7) is 3.45. The Morgan fingerprint density at radius 3 is 2.81 bits per heavy atom. The van der Waals surface area contributed by atoms with Gasteiger partial charge in [0.25, 0.3) is 11.7 Å². The Kier molecular flexibility index (Phi) is 3.53. The topological polar surface area (TPSA) is 69.6 Å². The minimum Gasteiger partial charge on any atom is -0.390 e. The smallest absolute Gasteiger partial charge is 0.296 e. The summed E-state index contributed by atoms with van der Waals surface area (Å²) in [4.78, 5) is 25.3. The number of nitrogens with one attached hydrogen (secondary N) is 1.